The van der Waals surface area contributed by atoms with Crippen LogP contribution in [0.2, 0.25) is 0 Å². The first-order valence-electron chi connectivity index (χ1n) is 9.09. The molecule has 6 heteroatoms. The molecule has 3 aromatic rings. The van der Waals surface area contributed by atoms with E-state index < -0.39 is 0 Å². The topological polar surface area (TPSA) is 72.8 Å². The lowest BCUT2D eigenvalue weighted by molar-refractivity contribution is -0.122. The molecule has 28 heavy (non-hydrogen) atoms. The molecule has 4 rings (SSSR count). The lowest BCUT2D eigenvalue weighted by Gasteiger charge is -2.07. The normalized spacial score (nSPS) is 18.2. The number of rotatable bonds is 6. The first kappa shape index (κ1) is 18.0. The number of amides is 1. The Hall–Kier alpha value is -3.41. The number of nitrogens with zero attached hydrogens (tertiary/aromatic N) is 2. The number of ether oxygens (including phenoxy) is 2. The van der Waals surface area contributed by atoms with Gasteiger partial charge < -0.3 is 9.47 Å². The minimum absolute atomic E-state index is 0.0643. The molecule has 1 heterocycles. The Labute approximate surface area is 163 Å². The minimum atomic E-state index is -0.0742. The smallest absolute Gasteiger partial charge is 0.243 e. The maximum atomic E-state index is 12.4. The molecule has 1 unspecified atom stereocenters. The third kappa shape index (κ3) is 3.67. The van der Waals surface area contributed by atoms with Crippen molar-refractivity contribution in [3.63, 3.8) is 0 Å². The number of methoxy groups -OCH3 is 2. The fourth-order valence-corrected chi connectivity index (χ4v) is 3.33. The third-order valence-corrected chi connectivity index (χ3v) is 4.96. The standard InChI is InChI=1S/C22H21N3O3/c1-27-20-8-7-14(9-21(20)28-2)12-24-25-22(26)18-11-17(18)16-10-15-5-3-4-6-19(15)23-13-16/h3-10,12-13,17-18H,11H2,1-2H3,(H,25,26)/t17?,18-/m0/s1. The predicted octanol–water partition coefficient (Wildman–Crippen LogP) is 3.51. The summed E-state index contributed by atoms with van der Waals surface area (Å²) in [4.78, 5) is 16.9. The number of para-hydroxylation sites is 1. The van der Waals surface area contributed by atoms with Crippen molar-refractivity contribution in [2.75, 3.05) is 14.2 Å². The lowest BCUT2D eigenvalue weighted by atomic mass is 10.1. The van der Waals surface area contributed by atoms with Gasteiger partial charge in [0, 0.05) is 17.5 Å². The monoisotopic (exact) mass is 375 g/mol. The number of carbonyl (C=O) groups is 1. The van der Waals surface area contributed by atoms with Crippen LogP contribution in [-0.2, 0) is 4.79 Å². The highest BCUT2D eigenvalue weighted by Gasteiger charge is 2.44. The van der Waals surface area contributed by atoms with Crippen LogP contribution in [0.5, 0.6) is 11.5 Å². The zero-order valence-electron chi connectivity index (χ0n) is 15.8. The van der Waals surface area contributed by atoms with Gasteiger partial charge >= 0.3 is 0 Å². The molecule has 1 aliphatic rings. The van der Waals surface area contributed by atoms with E-state index in [4.69, 9.17) is 9.47 Å². The number of benzene rings is 2. The van der Waals surface area contributed by atoms with E-state index in [9.17, 15) is 4.79 Å². The molecule has 0 aliphatic heterocycles. The molecule has 1 fully saturated rings. The lowest BCUT2D eigenvalue weighted by Crippen LogP contribution is -2.20. The third-order valence-electron chi connectivity index (χ3n) is 4.96. The van der Waals surface area contributed by atoms with Gasteiger partial charge in [0.15, 0.2) is 11.5 Å². The zero-order valence-corrected chi connectivity index (χ0v) is 15.8. The van der Waals surface area contributed by atoms with Crippen LogP contribution in [0.15, 0.2) is 59.8 Å². The van der Waals surface area contributed by atoms with E-state index in [0.717, 1.165) is 28.5 Å². The Bertz CT molecular complexity index is 1050. The van der Waals surface area contributed by atoms with Crippen LogP contribution in [0.1, 0.15) is 23.5 Å². The van der Waals surface area contributed by atoms with Gasteiger partial charge in [0.25, 0.3) is 0 Å². The minimum Gasteiger partial charge on any atom is -0.493 e. The van der Waals surface area contributed by atoms with Gasteiger partial charge in [-0.05, 0) is 53.8 Å². The van der Waals surface area contributed by atoms with E-state index in [1.165, 1.54) is 0 Å². The molecule has 142 valence electrons. The second kappa shape index (κ2) is 7.68. The molecule has 2 aromatic carbocycles. The summed E-state index contributed by atoms with van der Waals surface area (Å²) in [6.45, 7) is 0. The molecular weight excluding hydrogens is 354 g/mol. The first-order valence-corrected chi connectivity index (χ1v) is 9.09. The van der Waals surface area contributed by atoms with E-state index in [-0.39, 0.29) is 17.7 Å². The van der Waals surface area contributed by atoms with Crippen molar-refractivity contribution in [2.45, 2.75) is 12.3 Å². The van der Waals surface area contributed by atoms with E-state index in [0.29, 0.717) is 11.5 Å². The number of hydrogen-bond donors (Lipinski definition) is 1. The summed E-state index contributed by atoms with van der Waals surface area (Å²) >= 11 is 0. The van der Waals surface area contributed by atoms with Crippen LogP contribution >= 0.6 is 0 Å². The van der Waals surface area contributed by atoms with Crippen LogP contribution in [0.4, 0.5) is 0 Å². The summed E-state index contributed by atoms with van der Waals surface area (Å²) in [5, 5.41) is 5.17. The van der Waals surface area contributed by atoms with Gasteiger partial charge in [-0.1, -0.05) is 18.2 Å². The van der Waals surface area contributed by atoms with Crippen molar-refractivity contribution < 1.29 is 14.3 Å². The summed E-state index contributed by atoms with van der Waals surface area (Å²) in [5.74, 6) is 1.33. The summed E-state index contributed by atoms with van der Waals surface area (Å²) in [5.41, 5.74) is 5.51. The molecule has 0 saturated heterocycles. The second-order valence-electron chi connectivity index (χ2n) is 6.76. The molecule has 0 bridgehead atoms. The molecular formula is C22H21N3O3. The maximum absolute atomic E-state index is 12.4. The molecule has 1 aliphatic carbocycles. The molecule has 2 atom stereocenters. The Morgan fingerprint density at radius 1 is 1.14 bits per heavy atom. The van der Waals surface area contributed by atoms with E-state index in [1.54, 1.807) is 32.6 Å². The van der Waals surface area contributed by atoms with Gasteiger partial charge in [0.1, 0.15) is 0 Å². The van der Waals surface area contributed by atoms with Crippen LogP contribution in [0, 0.1) is 5.92 Å². The van der Waals surface area contributed by atoms with E-state index >= 15 is 0 Å². The van der Waals surface area contributed by atoms with Gasteiger partial charge in [-0.3, -0.25) is 9.78 Å². The van der Waals surface area contributed by atoms with Gasteiger partial charge in [0.2, 0.25) is 5.91 Å². The predicted molar refractivity (Wildman–Crippen MR) is 108 cm³/mol. The Kier molecular flexibility index (Phi) is 4.93. The van der Waals surface area contributed by atoms with Crippen LogP contribution < -0.4 is 14.9 Å². The maximum Gasteiger partial charge on any atom is 0.243 e. The Morgan fingerprint density at radius 2 is 1.96 bits per heavy atom. The summed E-state index contributed by atoms with van der Waals surface area (Å²) in [7, 11) is 3.17. The Morgan fingerprint density at radius 3 is 2.79 bits per heavy atom. The molecule has 0 radical (unpaired) electrons. The van der Waals surface area contributed by atoms with Crippen LogP contribution in [-0.4, -0.2) is 31.3 Å². The largest absolute Gasteiger partial charge is 0.493 e. The molecule has 1 saturated carbocycles. The van der Waals surface area contributed by atoms with Crippen LogP contribution in [0.3, 0.4) is 0 Å². The van der Waals surface area contributed by atoms with Gasteiger partial charge in [-0.2, -0.15) is 5.10 Å². The van der Waals surface area contributed by atoms with Gasteiger partial charge in [0.05, 0.1) is 26.0 Å². The number of aromatic nitrogens is 1. The second-order valence-corrected chi connectivity index (χ2v) is 6.76. The van der Waals surface area contributed by atoms with Crippen molar-refractivity contribution >= 4 is 23.0 Å². The number of carbonyl (C=O) groups excluding carboxylic acids is 1. The number of nitrogens with one attached hydrogen (secondary N) is 1. The number of hydrazone groups is 1. The zero-order chi connectivity index (χ0) is 19.5. The van der Waals surface area contributed by atoms with Gasteiger partial charge in [-0.25, -0.2) is 5.43 Å². The number of fused-ring (bicyclic) bond motifs is 1. The SMILES string of the molecule is COc1ccc(C=NNC(=O)[C@H]2CC2c2cnc3ccccc3c2)cc1OC. The van der Waals surface area contributed by atoms with Crippen molar-refractivity contribution in [3.05, 3.63) is 65.9 Å². The van der Waals surface area contributed by atoms with Gasteiger partial charge in [-0.15, -0.1) is 0 Å². The highest BCUT2D eigenvalue weighted by molar-refractivity contribution is 5.86. The van der Waals surface area contributed by atoms with Crippen molar-refractivity contribution in [3.8, 4) is 11.5 Å². The molecule has 0 spiro atoms. The Balaban J connectivity index is 1.37. The van der Waals surface area contributed by atoms with Crippen molar-refractivity contribution in [1.82, 2.24) is 10.4 Å². The van der Waals surface area contributed by atoms with Crippen molar-refractivity contribution in [2.24, 2.45) is 11.0 Å². The molecule has 1 amide bonds. The van der Waals surface area contributed by atoms with E-state index in [2.05, 4.69) is 21.6 Å². The first-order chi connectivity index (χ1) is 13.7. The summed E-state index contributed by atoms with van der Waals surface area (Å²) in [6.07, 6.45) is 4.28. The fraction of sp³-hybridized carbons (Fsp3) is 0.227. The highest BCUT2D eigenvalue weighted by atomic mass is 16.5. The molecule has 6 nitrogen and oxygen atoms in total. The average molecular weight is 375 g/mol. The molecule has 1 aromatic heterocycles. The highest BCUT2D eigenvalue weighted by Crippen LogP contribution is 2.47. The average Bonchev–Trinajstić information content (AvgIpc) is 3.54. The van der Waals surface area contributed by atoms with E-state index in [1.807, 2.05) is 36.5 Å². The summed E-state index contributed by atoms with van der Waals surface area (Å²) in [6, 6.07) is 15.5. The summed E-state index contributed by atoms with van der Waals surface area (Å²) < 4.78 is 10.5. The van der Waals surface area contributed by atoms with Crippen LogP contribution in [0.25, 0.3) is 10.9 Å². The van der Waals surface area contributed by atoms with Crippen molar-refractivity contribution in [1.29, 1.82) is 0 Å². The number of hydrogen-bond acceptors (Lipinski definition) is 5. The quantitative estimate of drug-likeness (QED) is 0.529. The molecule has 1 N–H and O–H groups in total. The number of pyridine rings is 1. The fourth-order valence-electron chi connectivity index (χ4n) is 3.33.